The Morgan fingerprint density at radius 3 is 1.58 bits per heavy atom. The minimum absolute atomic E-state index is 0.784. The third-order valence-electron chi connectivity index (χ3n) is 6.18. The van der Waals surface area contributed by atoms with Gasteiger partial charge in [0.05, 0.1) is 16.7 Å². The number of anilines is 1. The molecule has 0 amide bonds. The Balaban J connectivity index is 1.22. The number of rotatable bonds is 18. The Bertz CT molecular complexity index is 872. The van der Waals surface area contributed by atoms with Gasteiger partial charge in [-0.2, -0.15) is 0 Å². The van der Waals surface area contributed by atoms with Crippen LogP contribution in [0.15, 0.2) is 48.5 Å². The van der Waals surface area contributed by atoms with Crippen molar-refractivity contribution in [3.63, 3.8) is 0 Å². The zero-order valence-corrected chi connectivity index (χ0v) is 20.2. The van der Waals surface area contributed by atoms with Gasteiger partial charge in [0.2, 0.25) is 0 Å². The van der Waals surface area contributed by atoms with E-state index in [1.807, 2.05) is 0 Å². The standard InChI is InChI=1S/C28H43N5/c29-18-13-22-31-21-12-11-20-30-19-9-3-1-2-4-10-23-32-28-24-14-5-7-16-26(24)33-27-17-8-6-15-25(27)28/h5-8,14-17,30-31H,1-4,9-13,18-23,29H2,(H,32,33). The second-order valence-electron chi connectivity index (χ2n) is 8.92. The Kier molecular flexibility index (Phi) is 12.0. The van der Waals surface area contributed by atoms with E-state index in [9.17, 15) is 0 Å². The van der Waals surface area contributed by atoms with Crippen molar-refractivity contribution in [3.8, 4) is 0 Å². The van der Waals surface area contributed by atoms with E-state index >= 15 is 0 Å². The van der Waals surface area contributed by atoms with Gasteiger partial charge in [0.1, 0.15) is 0 Å². The summed E-state index contributed by atoms with van der Waals surface area (Å²) in [7, 11) is 0. The number of benzene rings is 2. The molecule has 33 heavy (non-hydrogen) atoms. The molecule has 0 bridgehead atoms. The van der Waals surface area contributed by atoms with Gasteiger partial charge < -0.3 is 21.7 Å². The second-order valence-corrected chi connectivity index (χ2v) is 8.92. The SMILES string of the molecule is NCCCNCCCCNCCCCCCCCNc1c2ccccc2nc2ccccc12. The van der Waals surface area contributed by atoms with Crippen molar-refractivity contribution in [3.05, 3.63) is 48.5 Å². The van der Waals surface area contributed by atoms with Gasteiger partial charge >= 0.3 is 0 Å². The Morgan fingerprint density at radius 2 is 1.00 bits per heavy atom. The molecule has 0 radical (unpaired) electrons. The van der Waals surface area contributed by atoms with E-state index in [1.165, 1.54) is 67.8 Å². The van der Waals surface area contributed by atoms with Gasteiger partial charge in [0.25, 0.3) is 0 Å². The normalized spacial score (nSPS) is 11.4. The van der Waals surface area contributed by atoms with Crippen LogP contribution in [0.25, 0.3) is 21.8 Å². The number of fused-ring (bicyclic) bond motifs is 2. The second kappa shape index (κ2) is 15.6. The van der Waals surface area contributed by atoms with Crippen molar-refractivity contribution in [1.82, 2.24) is 15.6 Å². The molecule has 1 aromatic heterocycles. The van der Waals surface area contributed by atoms with Crippen LogP contribution < -0.4 is 21.7 Å². The minimum Gasteiger partial charge on any atom is -0.384 e. The molecule has 0 aliphatic heterocycles. The molecule has 0 saturated carbocycles. The van der Waals surface area contributed by atoms with E-state index in [4.69, 9.17) is 10.7 Å². The van der Waals surface area contributed by atoms with E-state index in [0.29, 0.717) is 0 Å². The fourth-order valence-corrected chi connectivity index (χ4v) is 4.30. The average molecular weight is 450 g/mol. The zero-order chi connectivity index (χ0) is 23.0. The molecule has 0 saturated heterocycles. The summed E-state index contributed by atoms with van der Waals surface area (Å²) >= 11 is 0. The molecule has 2 aromatic carbocycles. The van der Waals surface area contributed by atoms with Gasteiger partial charge in [-0.1, -0.05) is 62.1 Å². The smallest absolute Gasteiger partial charge is 0.0730 e. The number of pyridine rings is 1. The van der Waals surface area contributed by atoms with Crippen LogP contribution >= 0.6 is 0 Å². The predicted molar refractivity (Wildman–Crippen MR) is 144 cm³/mol. The van der Waals surface area contributed by atoms with E-state index < -0.39 is 0 Å². The molecule has 5 N–H and O–H groups in total. The molecule has 0 spiro atoms. The van der Waals surface area contributed by atoms with Crippen molar-refractivity contribution < 1.29 is 0 Å². The topological polar surface area (TPSA) is 75.0 Å². The van der Waals surface area contributed by atoms with Crippen LogP contribution in [0.2, 0.25) is 0 Å². The van der Waals surface area contributed by atoms with E-state index in [0.717, 1.165) is 56.7 Å². The number of aromatic nitrogens is 1. The number of unbranched alkanes of at least 4 members (excludes halogenated alkanes) is 6. The summed E-state index contributed by atoms with van der Waals surface area (Å²) in [6.45, 7) is 6.27. The number of hydrogen-bond acceptors (Lipinski definition) is 5. The summed E-state index contributed by atoms with van der Waals surface area (Å²) in [4.78, 5) is 4.81. The summed E-state index contributed by atoms with van der Waals surface area (Å²) in [5.41, 5.74) is 8.84. The summed E-state index contributed by atoms with van der Waals surface area (Å²) in [5, 5.41) is 13.2. The lowest BCUT2D eigenvalue weighted by molar-refractivity contribution is 0.545. The van der Waals surface area contributed by atoms with Crippen LogP contribution in [0.1, 0.15) is 57.8 Å². The van der Waals surface area contributed by atoms with Gasteiger partial charge in [-0.25, -0.2) is 4.98 Å². The number of nitrogens with one attached hydrogen (secondary N) is 3. The summed E-state index contributed by atoms with van der Waals surface area (Å²) in [6, 6.07) is 16.9. The lowest BCUT2D eigenvalue weighted by Gasteiger charge is -2.13. The number of nitrogens with zero attached hydrogens (tertiary/aromatic N) is 1. The van der Waals surface area contributed by atoms with E-state index in [-0.39, 0.29) is 0 Å². The molecule has 180 valence electrons. The highest BCUT2D eigenvalue weighted by molar-refractivity contribution is 6.07. The van der Waals surface area contributed by atoms with Crippen molar-refractivity contribution in [2.75, 3.05) is 44.6 Å². The van der Waals surface area contributed by atoms with Crippen LogP contribution in [-0.4, -0.2) is 44.3 Å². The van der Waals surface area contributed by atoms with Gasteiger partial charge in [0, 0.05) is 17.3 Å². The molecular formula is C28H43N5. The van der Waals surface area contributed by atoms with Crippen molar-refractivity contribution in [1.29, 1.82) is 0 Å². The zero-order valence-electron chi connectivity index (χ0n) is 20.2. The largest absolute Gasteiger partial charge is 0.384 e. The average Bonchev–Trinajstić information content (AvgIpc) is 2.85. The molecule has 0 atom stereocenters. The number of para-hydroxylation sites is 2. The maximum absolute atomic E-state index is 5.49. The molecule has 0 fully saturated rings. The summed E-state index contributed by atoms with van der Waals surface area (Å²) in [6.07, 6.45) is 11.4. The third-order valence-corrected chi connectivity index (χ3v) is 6.18. The molecule has 0 unspecified atom stereocenters. The minimum atomic E-state index is 0.784. The van der Waals surface area contributed by atoms with Crippen LogP contribution in [-0.2, 0) is 0 Å². The number of hydrogen-bond donors (Lipinski definition) is 4. The van der Waals surface area contributed by atoms with Crippen LogP contribution in [0.4, 0.5) is 5.69 Å². The van der Waals surface area contributed by atoms with Gasteiger partial charge in [0.15, 0.2) is 0 Å². The molecule has 3 rings (SSSR count). The molecule has 5 heteroatoms. The Hall–Kier alpha value is -2.21. The van der Waals surface area contributed by atoms with Crippen LogP contribution in [0.3, 0.4) is 0 Å². The first-order chi connectivity index (χ1) is 16.4. The van der Waals surface area contributed by atoms with Crippen LogP contribution in [0, 0.1) is 0 Å². The highest BCUT2D eigenvalue weighted by atomic mass is 14.9. The number of nitrogens with two attached hydrogens (primary N) is 1. The fourth-order valence-electron chi connectivity index (χ4n) is 4.30. The molecule has 5 nitrogen and oxygen atoms in total. The summed E-state index contributed by atoms with van der Waals surface area (Å²) in [5.74, 6) is 0. The maximum atomic E-state index is 5.49. The molecule has 0 aliphatic carbocycles. The molecule has 1 heterocycles. The fraction of sp³-hybridized carbons (Fsp3) is 0.536. The van der Waals surface area contributed by atoms with Crippen molar-refractivity contribution in [2.45, 2.75) is 57.8 Å². The Labute approximate surface area is 199 Å². The third kappa shape index (κ3) is 8.92. The first-order valence-electron chi connectivity index (χ1n) is 13.0. The van der Waals surface area contributed by atoms with E-state index in [2.05, 4.69) is 64.5 Å². The highest BCUT2D eigenvalue weighted by Gasteiger charge is 2.07. The van der Waals surface area contributed by atoms with Gasteiger partial charge in [-0.15, -0.1) is 0 Å². The molecule has 3 aromatic rings. The van der Waals surface area contributed by atoms with Crippen LogP contribution in [0.5, 0.6) is 0 Å². The first kappa shape index (κ1) is 25.4. The predicted octanol–water partition coefficient (Wildman–Crippen LogP) is 5.45. The Morgan fingerprint density at radius 1 is 0.545 bits per heavy atom. The molecule has 0 aliphatic rings. The lowest BCUT2D eigenvalue weighted by Crippen LogP contribution is -2.21. The molecular weight excluding hydrogens is 406 g/mol. The first-order valence-corrected chi connectivity index (χ1v) is 13.0. The highest BCUT2D eigenvalue weighted by Crippen LogP contribution is 2.30. The summed E-state index contributed by atoms with van der Waals surface area (Å²) < 4.78 is 0. The monoisotopic (exact) mass is 449 g/mol. The van der Waals surface area contributed by atoms with Crippen molar-refractivity contribution >= 4 is 27.5 Å². The lowest BCUT2D eigenvalue weighted by atomic mass is 10.1. The maximum Gasteiger partial charge on any atom is 0.0730 e. The van der Waals surface area contributed by atoms with Gasteiger partial charge in [-0.3, -0.25) is 0 Å². The van der Waals surface area contributed by atoms with Crippen molar-refractivity contribution in [2.24, 2.45) is 5.73 Å². The quantitative estimate of drug-likeness (QED) is 0.153. The van der Waals surface area contributed by atoms with E-state index in [1.54, 1.807) is 0 Å². The van der Waals surface area contributed by atoms with Gasteiger partial charge in [-0.05, 0) is 77.0 Å².